The van der Waals surface area contributed by atoms with Crippen molar-refractivity contribution in [2.75, 3.05) is 19.7 Å². The highest BCUT2D eigenvalue weighted by Crippen LogP contribution is 2.30. The van der Waals surface area contributed by atoms with Gasteiger partial charge in [0, 0.05) is 13.1 Å². The van der Waals surface area contributed by atoms with Crippen molar-refractivity contribution >= 4 is 5.91 Å². The van der Waals surface area contributed by atoms with Crippen molar-refractivity contribution in [2.45, 2.75) is 25.9 Å². The number of aliphatic hydroxyl groups is 1. The average molecular weight is 339 g/mol. The number of carbonyl (C=O) groups excluding carboxylic acids is 1. The van der Waals surface area contributed by atoms with Crippen LogP contribution in [0, 0.1) is 12.8 Å². The summed E-state index contributed by atoms with van der Waals surface area (Å²) < 4.78 is 5.65. The SMILES string of the molecule is Cc1ccccc1OCC(=O)N1CCC(C(O)c2ccccc2)CC1. The van der Waals surface area contributed by atoms with E-state index in [0.29, 0.717) is 13.1 Å². The van der Waals surface area contributed by atoms with Crippen LogP contribution in [0.5, 0.6) is 5.75 Å². The molecule has 132 valence electrons. The lowest BCUT2D eigenvalue weighted by molar-refractivity contribution is -0.135. The van der Waals surface area contributed by atoms with Crippen molar-refractivity contribution in [1.82, 2.24) is 4.90 Å². The van der Waals surface area contributed by atoms with E-state index in [-0.39, 0.29) is 18.4 Å². The predicted molar refractivity (Wildman–Crippen MR) is 97.4 cm³/mol. The third-order valence-corrected chi connectivity index (χ3v) is 4.92. The van der Waals surface area contributed by atoms with E-state index in [4.69, 9.17) is 4.74 Å². The first-order chi connectivity index (χ1) is 12.1. The van der Waals surface area contributed by atoms with Crippen LogP contribution in [0.3, 0.4) is 0 Å². The van der Waals surface area contributed by atoms with Gasteiger partial charge in [-0.05, 0) is 42.9 Å². The van der Waals surface area contributed by atoms with Gasteiger partial charge in [-0.15, -0.1) is 0 Å². The van der Waals surface area contributed by atoms with Crippen molar-refractivity contribution in [1.29, 1.82) is 0 Å². The molecule has 0 saturated carbocycles. The molecule has 4 heteroatoms. The first kappa shape index (κ1) is 17.5. The maximum Gasteiger partial charge on any atom is 0.260 e. The molecule has 1 amide bonds. The van der Waals surface area contributed by atoms with Gasteiger partial charge in [0.05, 0.1) is 6.10 Å². The van der Waals surface area contributed by atoms with Crippen LogP contribution in [0.15, 0.2) is 54.6 Å². The van der Waals surface area contributed by atoms with Crippen LogP contribution in [0.1, 0.15) is 30.1 Å². The smallest absolute Gasteiger partial charge is 0.260 e. The van der Waals surface area contributed by atoms with E-state index in [1.54, 1.807) is 0 Å². The molecule has 1 aliphatic rings. The first-order valence-electron chi connectivity index (χ1n) is 8.84. The number of likely N-dealkylation sites (tertiary alicyclic amines) is 1. The second kappa shape index (κ2) is 8.17. The van der Waals surface area contributed by atoms with Crippen LogP contribution in [0.2, 0.25) is 0 Å². The number of para-hydroxylation sites is 1. The molecule has 0 spiro atoms. The zero-order valence-electron chi connectivity index (χ0n) is 14.6. The highest BCUT2D eigenvalue weighted by molar-refractivity contribution is 5.77. The van der Waals surface area contributed by atoms with Crippen molar-refractivity contribution in [3.8, 4) is 5.75 Å². The second-order valence-electron chi connectivity index (χ2n) is 6.63. The van der Waals surface area contributed by atoms with E-state index in [2.05, 4.69) is 0 Å². The quantitative estimate of drug-likeness (QED) is 0.909. The van der Waals surface area contributed by atoms with Gasteiger partial charge in [-0.3, -0.25) is 4.79 Å². The summed E-state index contributed by atoms with van der Waals surface area (Å²) in [6, 6.07) is 17.5. The monoisotopic (exact) mass is 339 g/mol. The Hall–Kier alpha value is -2.33. The third kappa shape index (κ3) is 4.40. The maximum absolute atomic E-state index is 12.4. The van der Waals surface area contributed by atoms with Crippen molar-refractivity contribution in [3.05, 3.63) is 65.7 Å². The van der Waals surface area contributed by atoms with E-state index in [0.717, 1.165) is 29.7 Å². The normalized spacial score (nSPS) is 16.5. The van der Waals surface area contributed by atoms with Crippen LogP contribution < -0.4 is 4.74 Å². The number of benzene rings is 2. The molecule has 1 fully saturated rings. The summed E-state index contributed by atoms with van der Waals surface area (Å²) >= 11 is 0. The van der Waals surface area contributed by atoms with Gasteiger partial charge in [0.25, 0.3) is 5.91 Å². The number of carbonyl (C=O) groups is 1. The topological polar surface area (TPSA) is 49.8 Å². The highest BCUT2D eigenvalue weighted by Gasteiger charge is 2.28. The van der Waals surface area contributed by atoms with Crippen molar-refractivity contribution in [2.24, 2.45) is 5.92 Å². The minimum atomic E-state index is -0.457. The minimum Gasteiger partial charge on any atom is -0.484 e. The van der Waals surface area contributed by atoms with Gasteiger partial charge in [-0.25, -0.2) is 0 Å². The summed E-state index contributed by atoms with van der Waals surface area (Å²) in [4.78, 5) is 14.2. The molecule has 1 N–H and O–H groups in total. The maximum atomic E-state index is 12.4. The molecule has 2 aromatic carbocycles. The fourth-order valence-corrected chi connectivity index (χ4v) is 3.34. The third-order valence-electron chi connectivity index (χ3n) is 4.92. The van der Waals surface area contributed by atoms with E-state index < -0.39 is 6.10 Å². The standard InChI is InChI=1S/C21H25NO3/c1-16-7-5-6-10-19(16)25-15-20(23)22-13-11-18(12-14-22)21(24)17-8-3-2-4-9-17/h2-10,18,21,24H,11-15H2,1H3. The van der Waals surface area contributed by atoms with Gasteiger partial charge < -0.3 is 14.7 Å². The number of hydrogen-bond acceptors (Lipinski definition) is 3. The minimum absolute atomic E-state index is 0.0101. The summed E-state index contributed by atoms with van der Waals surface area (Å²) in [7, 11) is 0. The fraction of sp³-hybridized carbons (Fsp3) is 0.381. The number of piperidine rings is 1. The lowest BCUT2D eigenvalue weighted by Crippen LogP contribution is -2.42. The van der Waals surface area contributed by atoms with E-state index in [1.807, 2.05) is 66.4 Å². The molecule has 1 atom stereocenters. The molecule has 0 bridgehead atoms. The number of rotatable bonds is 5. The molecule has 2 aromatic rings. The number of ether oxygens (including phenoxy) is 1. The predicted octanol–water partition coefficient (Wildman–Crippen LogP) is 3.35. The molecule has 1 unspecified atom stereocenters. The lowest BCUT2D eigenvalue weighted by atomic mass is 9.87. The van der Waals surface area contributed by atoms with Crippen LogP contribution in [-0.4, -0.2) is 35.6 Å². The van der Waals surface area contributed by atoms with Crippen molar-refractivity contribution < 1.29 is 14.6 Å². The van der Waals surface area contributed by atoms with Gasteiger partial charge in [0.1, 0.15) is 5.75 Å². The summed E-state index contributed by atoms with van der Waals surface area (Å²) in [5.41, 5.74) is 1.98. The van der Waals surface area contributed by atoms with Gasteiger partial charge >= 0.3 is 0 Å². The average Bonchev–Trinajstić information content (AvgIpc) is 2.67. The Labute approximate surface area is 149 Å². The number of aryl methyl sites for hydroxylation is 1. The molecular formula is C21H25NO3. The van der Waals surface area contributed by atoms with Crippen LogP contribution in [-0.2, 0) is 4.79 Å². The Morgan fingerprint density at radius 1 is 1.12 bits per heavy atom. The first-order valence-corrected chi connectivity index (χ1v) is 8.84. The summed E-state index contributed by atoms with van der Waals surface area (Å²) in [5, 5.41) is 10.5. The number of aliphatic hydroxyl groups excluding tert-OH is 1. The zero-order valence-corrected chi connectivity index (χ0v) is 14.6. The van der Waals surface area contributed by atoms with Crippen LogP contribution in [0.4, 0.5) is 0 Å². The Morgan fingerprint density at radius 2 is 1.76 bits per heavy atom. The Kier molecular flexibility index (Phi) is 5.71. The number of hydrogen-bond donors (Lipinski definition) is 1. The summed E-state index contributed by atoms with van der Waals surface area (Å²) in [6.07, 6.45) is 1.17. The molecule has 25 heavy (non-hydrogen) atoms. The summed E-state index contributed by atoms with van der Waals surface area (Å²) in [6.45, 7) is 3.38. The van der Waals surface area contributed by atoms with E-state index in [9.17, 15) is 9.90 Å². The Morgan fingerprint density at radius 3 is 2.44 bits per heavy atom. The molecule has 1 heterocycles. The van der Waals surface area contributed by atoms with Gasteiger partial charge in [0.15, 0.2) is 6.61 Å². The lowest BCUT2D eigenvalue weighted by Gasteiger charge is -2.34. The second-order valence-corrected chi connectivity index (χ2v) is 6.63. The molecule has 0 radical (unpaired) electrons. The molecule has 0 aromatic heterocycles. The molecule has 1 saturated heterocycles. The van der Waals surface area contributed by atoms with Crippen molar-refractivity contribution in [3.63, 3.8) is 0 Å². The Balaban J connectivity index is 1.48. The largest absolute Gasteiger partial charge is 0.484 e. The molecule has 0 aliphatic carbocycles. The molecular weight excluding hydrogens is 314 g/mol. The van der Waals surface area contributed by atoms with Crippen LogP contribution >= 0.6 is 0 Å². The van der Waals surface area contributed by atoms with Gasteiger partial charge in [0.2, 0.25) is 0 Å². The Bertz CT molecular complexity index is 693. The van der Waals surface area contributed by atoms with Gasteiger partial charge in [-0.2, -0.15) is 0 Å². The highest BCUT2D eigenvalue weighted by atomic mass is 16.5. The van der Waals surface area contributed by atoms with Gasteiger partial charge in [-0.1, -0.05) is 48.5 Å². The van der Waals surface area contributed by atoms with E-state index in [1.165, 1.54) is 0 Å². The zero-order chi connectivity index (χ0) is 17.6. The fourth-order valence-electron chi connectivity index (χ4n) is 3.34. The van der Waals surface area contributed by atoms with E-state index >= 15 is 0 Å². The molecule has 1 aliphatic heterocycles. The number of amides is 1. The van der Waals surface area contributed by atoms with Crippen LogP contribution in [0.25, 0.3) is 0 Å². The molecule has 4 nitrogen and oxygen atoms in total. The number of nitrogens with zero attached hydrogens (tertiary/aromatic N) is 1. The molecule has 3 rings (SSSR count). The summed E-state index contributed by atoms with van der Waals surface area (Å²) in [5.74, 6) is 0.963.